The number of ether oxygens (including phenoxy) is 2. The van der Waals surface area contributed by atoms with E-state index in [1.807, 2.05) is 21.1 Å². The van der Waals surface area contributed by atoms with E-state index in [1.54, 1.807) is 0 Å². The Balaban J connectivity index is 3.87. The molecule has 0 spiro atoms. The van der Waals surface area contributed by atoms with Crippen LogP contribution in [0.2, 0.25) is 0 Å². The van der Waals surface area contributed by atoms with Gasteiger partial charge in [-0.05, 0) is 51.4 Å². The molecule has 0 amide bonds. The molecule has 0 aromatic heterocycles. The van der Waals surface area contributed by atoms with Crippen molar-refractivity contribution in [3.05, 3.63) is 48.6 Å². The average Bonchev–Trinajstić information content (AvgIpc) is 2.72. The van der Waals surface area contributed by atoms with E-state index in [4.69, 9.17) is 18.5 Å². The highest BCUT2D eigenvalue weighted by molar-refractivity contribution is 7.47. The van der Waals surface area contributed by atoms with Crippen molar-refractivity contribution in [2.24, 2.45) is 0 Å². The minimum absolute atomic E-state index is 0.0354. The fourth-order valence-electron chi connectivity index (χ4n) is 13.0. The minimum Gasteiger partial charge on any atom is -0.462 e. The van der Waals surface area contributed by atoms with Crippen molar-refractivity contribution in [2.45, 2.75) is 444 Å². The Labute approximate surface area is 598 Å². The van der Waals surface area contributed by atoms with Crippen LogP contribution in [0.3, 0.4) is 0 Å². The maximum atomic E-state index is 12.9. The van der Waals surface area contributed by atoms with Crippen LogP contribution in [0.5, 0.6) is 0 Å². The Morgan fingerprint density at radius 3 is 0.885 bits per heavy atom. The molecule has 0 saturated carbocycles. The normalized spacial score (nSPS) is 13.2. The maximum Gasteiger partial charge on any atom is 0.472 e. The van der Waals surface area contributed by atoms with Crippen LogP contribution in [-0.2, 0) is 32.7 Å². The molecule has 2 atom stereocenters. The van der Waals surface area contributed by atoms with Gasteiger partial charge in [0.05, 0.1) is 27.7 Å². The molecule has 0 saturated heterocycles. The molecule has 96 heavy (non-hydrogen) atoms. The Morgan fingerprint density at radius 1 is 0.333 bits per heavy atom. The van der Waals surface area contributed by atoms with Crippen LogP contribution in [0.15, 0.2) is 48.6 Å². The van der Waals surface area contributed by atoms with Gasteiger partial charge in [0.25, 0.3) is 0 Å². The van der Waals surface area contributed by atoms with E-state index in [0.29, 0.717) is 23.9 Å². The summed E-state index contributed by atoms with van der Waals surface area (Å²) in [5.41, 5.74) is 0. The van der Waals surface area contributed by atoms with Crippen molar-refractivity contribution in [1.29, 1.82) is 0 Å². The summed E-state index contributed by atoms with van der Waals surface area (Å²) in [6.07, 6.45) is 103. The number of hydrogen-bond acceptors (Lipinski definition) is 7. The van der Waals surface area contributed by atoms with Crippen LogP contribution in [0.1, 0.15) is 438 Å². The first-order valence-corrected chi connectivity index (χ1v) is 43.9. The van der Waals surface area contributed by atoms with Crippen molar-refractivity contribution in [2.75, 3.05) is 47.5 Å². The second-order valence-corrected chi connectivity index (χ2v) is 31.7. The van der Waals surface area contributed by atoms with Gasteiger partial charge in [-0.3, -0.25) is 18.6 Å². The monoisotopic (exact) mass is 1370 g/mol. The highest BCUT2D eigenvalue weighted by atomic mass is 31.2. The van der Waals surface area contributed by atoms with Gasteiger partial charge in [-0.2, -0.15) is 0 Å². The number of carbonyl (C=O) groups excluding carboxylic acids is 2. The number of unbranched alkanes of at least 4 members (excludes halogenated alkanes) is 58. The van der Waals surface area contributed by atoms with Crippen LogP contribution in [0.4, 0.5) is 0 Å². The number of hydrogen-bond donors (Lipinski definition) is 1. The second-order valence-electron chi connectivity index (χ2n) is 30.2. The molecule has 0 bridgehead atoms. The van der Waals surface area contributed by atoms with Gasteiger partial charge in [-0.25, -0.2) is 4.57 Å². The van der Waals surface area contributed by atoms with Crippen LogP contribution < -0.4 is 0 Å². The number of allylic oxidation sites excluding steroid dienone is 8. The summed E-state index contributed by atoms with van der Waals surface area (Å²) in [5, 5.41) is 0. The van der Waals surface area contributed by atoms with Gasteiger partial charge in [0, 0.05) is 12.8 Å². The number of phosphoric acid groups is 1. The molecular weight excluding hydrogens is 1210 g/mol. The third kappa shape index (κ3) is 80.9. The lowest BCUT2D eigenvalue weighted by Crippen LogP contribution is -2.37. The molecule has 0 aromatic carbocycles. The molecule has 2 unspecified atom stereocenters. The fraction of sp³-hybridized carbons (Fsp3) is 0.884. The summed E-state index contributed by atoms with van der Waals surface area (Å²) in [4.78, 5) is 36.0. The molecule has 0 fully saturated rings. The SMILES string of the molecule is CC/C=C\C/C=C\C/C=C\C/C=C\CCCCCCCCCCCCCCCCCCCCCCCCCCC(=O)OC(COC(=O)CCCCCCCCCCCCCCCCCCCCCCCCCCCCCCCCCCCCC)COP(=O)(O)OCC[N+](C)(C)C. The molecular formula is C86H165NO8P+. The fourth-order valence-corrected chi connectivity index (χ4v) is 13.7. The Kier molecular flexibility index (Phi) is 75.5. The van der Waals surface area contributed by atoms with Crippen molar-refractivity contribution in [1.82, 2.24) is 0 Å². The third-order valence-corrected chi connectivity index (χ3v) is 20.4. The molecule has 0 aromatic rings. The Bertz CT molecular complexity index is 1760. The lowest BCUT2D eigenvalue weighted by atomic mass is 10.0. The van der Waals surface area contributed by atoms with E-state index in [1.165, 1.54) is 347 Å². The van der Waals surface area contributed by atoms with Crippen molar-refractivity contribution >= 4 is 19.8 Å². The molecule has 1 N–H and O–H groups in total. The first-order valence-electron chi connectivity index (χ1n) is 42.4. The van der Waals surface area contributed by atoms with Gasteiger partial charge in [0.1, 0.15) is 19.8 Å². The van der Waals surface area contributed by atoms with E-state index in [2.05, 4.69) is 62.5 Å². The van der Waals surface area contributed by atoms with E-state index < -0.39 is 26.5 Å². The molecule has 9 nitrogen and oxygen atoms in total. The number of carbonyl (C=O) groups is 2. The molecule has 10 heteroatoms. The number of esters is 2. The molecule has 0 aliphatic carbocycles. The van der Waals surface area contributed by atoms with Gasteiger partial charge < -0.3 is 18.9 Å². The summed E-state index contributed by atoms with van der Waals surface area (Å²) in [6, 6.07) is 0. The Morgan fingerprint density at radius 2 is 0.594 bits per heavy atom. The minimum atomic E-state index is -4.39. The van der Waals surface area contributed by atoms with Gasteiger partial charge in [-0.15, -0.1) is 0 Å². The number of phosphoric ester groups is 1. The zero-order valence-corrected chi connectivity index (χ0v) is 65.8. The summed E-state index contributed by atoms with van der Waals surface area (Å²) < 4.78 is 34.9. The number of nitrogens with zero attached hydrogens (tertiary/aromatic N) is 1. The van der Waals surface area contributed by atoms with Gasteiger partial charge in [0.15, 0.2) is 6.10 Å². The summed E-state index contributed by atoms with van der Waals surface area (Å²) >= 11 is 0. The van der Waals surface area contributed by atoms with E-state index >= 15 is 0 Å². The Hall–Kier alpha value is -2.03. The molecule has 566 valence electrons. The first kappa shape index (κ1) is 94.0. The largest absolute Gasteiger partial charge is 0.472 e. The topological polar surface area (TPSA) is 108 Å². The van der Waals surface area contributed by atoms with Crippen molar-refractivity contribution in [3.8, 4) is 0 Å². The van der Waals surface area contributed by atoms with Crippen LogP contribution in [0, 0.1) is 0 Å². The highest BCUT2D eigenvalue weighted by Gasteiger charge is 2.27. The lowest BCUT2D eigenvalue weighted by Gasteiger charge is -2.24. The predicted octanol–water partition coefficient (Wildman–Crippen LogP) is 28.3. The van der Waals surface area contributed by atoms with Gasteiger partial charge in [-0.1, -0.05) is 422 Å². The third-order valence-electron chi connectivity index (χ3n) is 19.4. The summed E-state index contributed by atoms with van der Waals surface area (Å²) in [6.45, 7) is 4.41. The smallest absolute Gasteiger partial charge is 0.462 e. The number of rotatable bonds is 80. The highest BCUT2D eigenvalue weighted by Crippen LogP contribution is 2.43. The average molecular weight is 1370 g/mol. The molecule has 0 heterocycles. The molecule has 0 aliphatic rings. The van der Waals surface area contributed by atoms with Crippen molar-refractivity contribution in [3.63, 3.8) is 0 Å². The zero-order valence-electron chi connectivity index (χ0n) is 64.9. The number of likely N-dealkylation sites (N-methyl/N-ethyl adjacent to an activating group) is 1. The van der Waals surface area contributed by atoms with Gasteiger partial charge in [0.2, 0.25) is 0 Å². The quantitative estimate of drug-likeness (QED) is 0.0211. The summed E-state index contributed by atoms with van der Waals surface area (Å²) in [7, 11) is 1.50. The van der Waals surface area contributed by atoms with E-state index in [9.17, 15) is 19.0 Å². The van der Waals surface area contributed by atoms with Crippen LogP contribution >= 0.6 is 7.82 Å². The maximum absolute atomic E-state index is 12.9. The zero-order chi connectivity index (χ0) is 69.7. The van der Waals surface area contributed by atoms with E-state index in [0.717, 1.165) is 57.8 Å². The number of quaternary nitrogens is 1. The predicted molar refractivity (Wildman–Crippen MR) is 418 cm³/mol. The van der Waals surface area contributed by atoms with Gasteiger partial charge >= 0.3 is 19.8 Å². The molecule has 0 radical (unpaired) electrons. The standard InChI is InChI=1S/C86H164NO8P/c1-6-8-10-12-14-16-18-20-22-24-26-28-30-32-34-36-38-40-42-43-45-47-49-51-53-55-57-59-61-63-65-67-69-71-73-75-77-79-86(89)95-84(83-94-96(90,91)93-81-80-87(3,4)5)82-92-85(88)78-76-74-72-70-68-66-64-62-60-58-56-54-52-50-48-46-44-41-39-37-35-33-31-29-27-25-23-21-19-17-15-13-11-9-7-2/h8,10,14,16,20,22,26,28,84H,6-7,9,11-13,15,17-19,21,23-25,27,29-83H2,1-5H3/p+1/b10-8-,16-14-,22-20-,28-26-. The molecule has 0 rings (SSSR count). The lowest BCUT2D eigenvalue weighted by molar-refractivity contribution is -0.870. The van der Waals surface area contributed by atoms with Crippen LogP contribution in [-0.4, -0.2) is 74.9 Å². The summed E-state index contributed by atoms with van der Waals surface area (Å²) in [5.74, 6) is -0.769. The first-order chi connectivity index (χ1) is 47.0. The van der Waals surface area contributed by atoms with Crippen LogP contribution in [0.25, 0.3) is 0 Å². The second kappa shape index (κ2) is 77.1. The van der Waals surface area contributed by atoms with E-state index in [-0.39, 0.29) is 25.6 Å². The van der Waals surface area contributed by atoms with Crippen molar-refractivity contribution < 1.29 is 42.1 Å². The molecule has 0 aliphatic heterocycles.